The van der Waals surface area contributed by atoms with Crippen molar-refractivity contribution in [1.82, 2.24) is 0 Å². The fourth-order valence-electron chi connectivity index (χ4n) is 2.98. The molecule has 0 amide bonds. The van der Waals surface area contributed by atoms with Gasteiger partial charge in [0.2, 0.25) is 5.78 Å². The van der Waals surface area contributed by atoms with Gasteiger partial charge in [-0.25, -0.2) is 12.8 Å². The summed E-state index contributed by atoms with van der Waals surface area (Å²) in [4.78, 5) is 12.8. The lowest BCUT2D eigenvalue weighted by Crippen LogP contribution is -2.38. The van der Waals surface area contributed by atoms with Gasteiger partial charge < -0.3 is 5.32 Å². The van der Waals surface area contributed by atoms with Gasteiger partial charge >= 0.3 is 0 Å². The summed E-state index contributed by atoms with van der Waals surface area (Å²) in [6.07, 6.45) is 1.21. The van der Waals surface area contributed by atoms with Crippen molar-refractivity contribution >= 4 is 54.4 Å². The fraction of sp³-hybridized carbons (Fsp3) is 0.0500. The second-order valence-corrected chi connectivity index (χ2v) is 9.84. The van der Waals surface area contributed by atoms with Gasteiger partial charge in [-0.1, -0.05) is 24.3 Å². The number of para-hydroxylation sites is 1. The highest BCUT2D eigenvalue weighted by Gasteiger charge is 2.41. The van der Waals surface area contributed by atoms with Crippen molar-refractivity contribution < 1.29 is 17.6 Å². The molecule has 0 unspecified atom stereocenters. The number of allylic oxidation sites excluding steroid dienone is 1. The van der Waals surface area contributed by atoms with E-state index in [-0.39, 0.29) is 11.4 Å². The Labute approximate surface area is 179 Å². The number of benzene rings is 2. The molecule has 2 aromatic carbocycles. The molecule has 1 N–H and O–H groups in total. The highest BCUT2D eigenvalue weighted by atomic mass is 79.9. The minimum Gasteiger partial charge on any atom is -0.359 e. The third-order valence-corrected chi connectivity index (χ3v) is 7.72. The lowest BCUT2D eigenvalue weighted by molar-refractivity contribution is 0.104. The molecule has 0 saturated carbocycles. The number of nitrogens with one attached hydrogen (secondary N) is 1. The second-order valence-electron chi connectivity index (χ2n) is 6.24. The normalized spacial score (nSPS) is 16.7. The molecule has 2 heterocycles. The van der Waals surface area contributed by atoms with Gasteiger partial charge in [0.1, 0.15) is 10.7 Å². The van der Waals surface area contributed by atoms with E-state index in [1.807, 2.05) is 6.07 Å². The number of Topliss-reactive ketones (excluding diaryl/α,β-unsaturated/α-hetero) is 1. The predicted molar refractivity (Wildman–Crippen MR) is 116 cm³/mol. The monoisotopic (exact) mass is 492 g/mol. The van der Waals surface area contributed by atoms with E-state index in [9.17, 15) is 17.6 Å². The Morgan fingerprint density at radius 3 is 2.69 bits per heavy atom. The maximum atomic E-state index is 13.6. The average molecular weight is 493 g/mol. The number of fused-ring (bicyclic) bond motifs is 1. The van der Waals surface area contributed by atoms with E-state index in [4.69, 9.17) is 0 Å². The van der Waals surface area contributed by atoms with E-state index in [0.717, 1.165) is 8.78 Å². The molecule has 1 aromatic heterocycles. The van der Waals surface area contributed by atoms with Gasteiger partial charge in [0.25, 0.3) is 10.0 Å². The number of halogens is 2. The van der Waals surface area contributed by atoms with Gasteiger partial charge in [0.15, 0.2) is 4.91 Å². The van der Waals surface area contributed by atoms with E-state index in [2.05, 4.69) is 21.2 Å². The number of hydrogen-bond acceptors (Lipinski definition) is 5. The summed E-state index contributed by atoms with van der Waals surface area (Å²) in [6, 6.07) is 14.5. The van der Waals surface area contributed by atoms with Crippen LogP contribution in [-0.4, -0.2) is 14.2 Å². The zero-order valence-corrected chi connectivity index (χ0v) is 18.0. The van der Waals surface area contributed by atoms with Crippen LogP contribution in [0, 0.1) is 5.82 Å². The van der Waals surface area contributed by atoms with Gasteiger partial charge in [-0.3, -0.25) is 9.10 Å². The van der Waals surface area contributed by atoms with Crippen LogP contribution >= 0.6 is 27.3 Å². The van der Waals surface area contributed by atoms with Gasteiger partial charge in [-0.15, -0.1) is 11.3 Å². The highest BCUT2D eigenvalue weighted by Crippen LogP contribution is 2.39. The fourth-order valence-corrected chi connectivity index (χ4v) is 5.86. The predicted octanol–water partition coefficient (Wildman–Crippen LogP) is 5.14. The van der Waals surface area contributed by atoms with Crippen LogP contribution in [-0.2, 0) is 16.6 Å². The summed E-state index contributed by atoms with van der Waals surface area (Å²) in [5.41, 5.74) is 1.41. The lowest BCUT2D eigenvalue weighted by atomic mass is 10.2. The molecule has 0 aliphatic carbocycles. The summed E-state index contributed by atoms with van der Waals surface area (Å²) in [7, 11) is -4.14. The molecule has 148 valence electrons. The third kappa shape index (κ3) is 3.73. The summed E-state index contributed by atoms with van der Waals surface area (Å²) in [5, 5.41) is 4.56. The highest BCUT2D eigenvalue weighted by molar-refractivity contribution is 9.10. The Bertz CT molecular complexity index is 1240. The molecule has 1 aliphatic heterocycles. The van der Waals surface area contributed by atoms with Crippen LogP contribution in [0.15, 0.2) is 75.6 Å². The zero-order valence-electron chi connectivity index (χ0n) is 14.8. The van der Waals surface area contributed by atoms with Crippen molar-refractivity contribution in [1.29, 1.82) is 0 Å². The number of thiophene rings is 1. The summed E-state index contributed by atoms with van der Waals surface area (Å²) >= 11 is 4.55. The molecule has 0 radical (unpaired) electrons. The largest absolute Gasteiger partial charge is 0.359 e. The molecule has 0 spiro atoms. The van der Waals surface area contributed by atoms with Crippen molar-refractivity contribution in [3.05, 3.63) is 91.8 Å². The molecule has 4 rings (SSSR count). The van der Waals surface area contributed by atoms with Crippen molar-refractivity contribution in [2.75, 3.05) is 9.62 Å². The summed E-state index contributed by atoms with van der Waals surface area (Å²) in [6.45, 7) is -0.0799. The molecule has 5 nitrogen and oxygen atoms in total. The van der Waals surface area contributed by atoms with E-state index in [1.54, 1.807) is 35.7 Å². The first kappa shape index (κ1) is 19.8. The van der Waals surface area contributed by atoms with Crippen LogP contribution in [0.2, 0.25) is 0 Å². The molecular weight excluding hydrogens is 479 g/mol. The number of hydrogen-bond donors (Lipinski definition) is 1. The van der Waals surface area contributed by atoms with Crippen molar-refractivity contribution in [3.63, 3.8) is 0 Å². The number of carbonyl (C=O) groups is 1. The SMILES string of the molecule is O=C1/C(=C/Nc2ccccc2Br)S(=O)(=O)N(Cc2cccc(F)c2)c2ccsc21. The van der Waals surface area contributed by atoms with Crippen LogP contribution < -0.4 is 9.62 Å². The van der Waals surface area contributed by atoms with Gasteiger partial charge in [0.05, 0.1) is 17.9 Å². The molecule has 1 aliphatic rings. The number of rotatable bonds is 4. The molecule has 29 heavy (non-hydrogen) atoms. The molecule has 0 fully saturated rings. The Kier molecular flexibility index (Phi) is 5.28. The van der Waals surface area contributed by atoms with Crippen LogP contribution in [0.5, 0.6) is 0 Å². The van der Waals surface area contributed by atoms with Crippen LogP contribution in [0.4, 0.5) is 15.8 Å². The minimum absolute atomic E-state index is 0.0799. The van der Waals surface area contributed by atoms with Gasteiger partial charge in [-0.2, -0.15) is 0 Å². The summed E-state index contributed by atoms with van der Waals surface area (Å²) in [5.74, 6) is -1.02. The first-order valence-electron chi connectivity index (χ1n) is 8.48. The second kappa shape index (κ2) is 7.74. The standard InChI is InChI=1S/C20H14BrFN2O3S2/c21-15-6-1-2-7-16(15)23-11-18-19(25)20-17(8-9-28-20)24(29(18,26)27)12-13-4-3-5-14(22)10-13/h1-11,23H,12H2/b18-11-. The van der Waals surface area contributed by atoms with Crippen molar-refractivity contribution in [2.45, 2.75) is 6.54 Å². The summed E-state index contributed by atoms with van der Waals surface area (Å²) < 4.78 is 42.0. The third-order valence-electron chi connectivity index (χ3n) is 4.36. The average Bonchev–Trinajstić information content (AvgIpc) is 3.16. The van der Waals surface area contributed by atoms with E-state index in [0.29, 0.717) is 21.8 Å². The van der Waals surface area contributed by atoms with E-state index in [1.165, 1.54) is 35.7 Å². The molecule has 0 atom stereocenters. The van der Waals surface area contributed by atoms with Gasteiger partial charge in [0, 0.05) is 10.7 Å². The van der Waals surface area contributed by atoms with Gasteiger partial charge in [-0.05, 0) is 57.2 Å². The molecular formula is C20H14BrFN2O3S2. The van der Waals surface area contributed by atoms with Crippen LogP contribution in [0.25, 0.3) is 0 Å². The number of ketones is 1. The Morgan fingerprint density at radius 2 is 1.93 bits per heavy atom. The number of carbonyl (C=O) groups excluding carboxylic acids is 1. The molecule has 0 saturated heterocycles. The quantitative estimate of drug-likeness (QED) is 0.512. The maximum absolute atomic E-state index is 13.6. The lowest BCUT2D eigenvalue weighted by Gasteiger charge is -2.29. The van der Waals surface area contributed by atoms with Crippen molar-refractivity contribution in [3.8, 4) is 0 Å². The number of sulfonamides is 1. The maximum Gasteiger partial charge on any atom is 0.270 e. The van der Waals surface area contributed by atoms with Crippen LogP contribution in [0.3, 0.4) is 0 Å². The van der Waals surface area contributed by atoms with E-state index >= 15 is 0 Å². The minimum atomic E-state index is -4.14. The Balaban J connectivity index is 1.77. The Hall–Kier alpha value is -2.49. The van der Waals surface area contributed by atoms with Crippen molar-refractivity contribution in [2.24, 2.45) is 0 Å². The smallest absolute Gasteiger partial charge is 0.270 e. The molecule has 0 bridgehead atoms. The first-order valence-corrected chi connectivity index (χ1v) is 11.6. The Morgan fingerprint density at radius 1 is 1.14 bits per heavy atom. The zero-order chi connectivity index (χ0) is 20.6. The van der Waals surface area contributed by atoms with Crippen LogP contribution in [0.1, 0.15) is 15.2 Å². The molecule has 3 aromatic rings. The molecule has 9 heteroatoms. The number of anilines is 2. The first-order chi connectivity index (χ1) is 13.9. The number of nitrogens with zero attached hydrogens (tertiary/aromatic N) is 1. The van der Waals surface area contributed by atoms with E-state index < -0.39 is 21.6 Å². The topological polar surface area (TPSA) is 66.5 Å².